The van der Waals surface area contributed by atoms with E-state index in [0.717, 1.165) is 0 Å². The van der Waals surface area contributed by atoms with E-state index in [4.69, 9.17) is 0 Å². The highest BCUT2D eigenvalue weighted by Gasteiger charge is 2.48. The lowest BCUT2D eigenvalue weighted by atomic mass is 9.82. The third-order valence-corrected chi connectivity index (χ3v) is 5.19. The van der Waals surface area contributed by atoms with Crippen molar-refractivity contribution in [2.24, 2.45) is 23.7 Å². The fourth-order valence-electron chi connectivity index (χ4n) is 3.47. The molecule has 7 heteroatoms. The smallest absolute Gasteiger partial charge is 0.228 e. The average molecular weight is 378 g/mol. The molecule has 0 aliphatic heterocycles. The summed E-state index contributed by atoms with van der Waals surface area (Å²) in [7, 11) is 0. The van der Waals surface area contributed by atoms with E-state index in [1.54, 1.807) is 0 Å². The van der Waals surface area contributed by atoms with E-state index in [0.29, 0.717) is 10.9 Å². The Hall–Kier alpha value is -2.15. The van der Waals surface area contributed by atoms with Gasteiger partial charge in [-0.15, -0.1) is 0 Å². The largest absolute Gasteiger partial charge is 0.550 e. The molecule has 0 saturated heterocycles. The molecule has 0 unspecified atom stereocenters. The molecule has 6 nitrogen and oxygen atoms in total. The van der Waals surface area contributed by atoms with E-state index in [9.17, 15) is 24.6 Å². The van der Waals surface area contributed by atoms with Gasteiger partial charge in [0.25, 0.3) is 0 Å². The number of carboxylic acids is 2. The lowest BCUT2D eigenvalue weighted by Gasteiger charge is -2.28. The van der Waals surface area contributed by atoms with Crippen molar-refractivity contribution < 1.29 is 24.6 Å². The van der Waals surface area contributed by atoms with Crippen LogP contribution in [0.15, 0.2) is 34.8 Å². The third kappa shape index (κ3) is 2.76. The summed E-state index contributed by atoms with van der Waals surface area (Å²) in [5, 5.41) is 24.9. The Morgan fingerprint density at radius 1 is 1.09 bits per heavy atom. The van der Waals surface area contributed by atoms with Crippen LogP contribution in [0.2, 0.25) is 0 Å². The molecule has 1 amide bonds. The summed E-state index contributed by atoms with van der Waals surface area (Å²) in [6.45, 7) is 0. The SMILES string of the molecule is O=C([O-])c1ccc(Br)c(NC(=O)[C@@H]2[C@@H](C(=O)[O-])[C@H]3C=C[C@H]2C3)c1. The monoisotopic (exact) mass is 377 g/mol. The number of allylic oxidation sites excluding steroid dienone is 2. The maximum absolute atomic E-state index is 12.5. The predicted molar refractivity (Wildman–Crippen MR) is 79.8 cm³/mol. The van der Waals surface area contributed by atoms with Crippen LogP contribution in [0.4, 0.5) is 5.69 Å². The maximum atomic E-state index is 12.5. The molecule has 0 spiro atoms. The Bertz CT molecular complexity index is 729. The van der Waals surface area contributed by atoms with Gasteiger partial charge in [-0.3, -0.25) is 4.79 Å². The number of amides is 1. The Morgan fingerprint density at radius 2 is 1.74 bits per heavy atom. The molecule has 2 aliphatic carbocycles. The molecule has 1 saturated carbocycles. The zero-order valence-electron chi connectivity index (χ0n) is 11.8. The summed E-state index contributed by atoms with van der Waals surface area (Å²) in [6, 6.07) is 4.10. The molecule has 2 aliphatic rings. The minimum Gasteiger partial charge on any atom is -0.550 e. The molecule has 23 heavy (non-hydrogen) atoms. The fraction of sp³-hybridized carbons (Fsp3) is 0.312. The van der Waals surface area contributed by atoms with Crippen LogP contribution in [0, 0.1) is 23.7 Å². The van der Waals surface area contributed by atoms with Crippen molar-refractivity contribution >= 4 is 39.5 Å². The number of benzene rings is 1. The van der Waals surface area contributed by atoms with E-state index >= 15 is 0 Å². The van der Waals surface area contributed by atoms with Gasteiger partial charge in [0.05, 0.1) is 17.6 Å². The first kappa shape index (κ1) is 15.7. The van der Waals surface area contributed by atoms with Gasteiger partial charge in [-0.25, -0.2) is 0 Å². The highest BCUT2D eigenvalue weighted by Crippen LogP contribution is 2.48. The van der Waals surface area contributed by atoms with E-state index in [-0.39, 0.29) is 23.1 Å². The molecule has 0 aromatic heterocycles. The van der Waals surface area contributed by atoms with Crippen molar-refractivity contribution in [1.82, 2.24) is 0 Å². The van der Waals surface area contributed by atoms with Crippen molar-refractivity contribution in [2.75, 3.05) is 5.32 Å². The summed E-state index contributed by atoms with van der Waals surface area (Å²) in [5.41, 5.74) is 0.188. The molecule has 1 N–H and O–H groups in total. The zero-order valence-corrected chi connectivity index (χ0v) is 13.4. The number of fused-ring (bicyclic) bond motifs is 2. The van der Waals surface area contributed by atoms with Crippen molar-refractivity contribution in [2.45, 2.75) is 6.42 Å². The van der Waals surface area contributed by atoms with Gasteiger partial charge in [0.2, 0.25) is 5.91 Å². The number of halogens is 1. The Kier molecular flexibility index (Phi) is 3.97. The lowest BCUT2D eigenvalue weighted by molar-refractivity contribution is -0.313. The van der Waals surface area contributed by atoms with Gasteiger partial charge < -0.3 is 25.1 Å². The number of rotatable bonds is 4. The summed E-state index contributed by atoms with van der Waals surface area (Å²) >= 11 is 3.23. The van der Waals surface area contributed by atoms with Crippen LogP contribution in [0.5, 0.6) is 0 Å². The van der Waals surface area contributed by atoms with Crippen LogP contribution in [-0.4, -0.2) is 17.8 Å². The molecule has 1 aromatic carbocycles. The number of hydrogen-bond acceptors (Lipinski definition) is 5. The molecular formula is C16H12BrNO5-2. The number of hydrogen-bond donors (Lipinski definition) is 1. The standard InChI is InChI=1S/C16H14BrNO5/c17-10-4-3-9(15(20)21)6-11(10)18-14(19)12-7-1-2-8(5-7)13(12)16(22)23/h1-4,6-8,12-13H,5H2,(H,18,19)(H,20,21)(H,22,23)/p-2/t7-,8-,12-,13-/m0/s1. The number of carbonyl (C=O) groups is 3. The Morgan fingerprint density at radius 3 is 2.35 bits per heavy atom. The summed E-state index contributed by atoms with van der Waals surface area (Å²) in [5.74, 6) is -4.92. The minimum atomic E-state index is -1.36. The quantitative estimate of drug-likeness (QED) is 0.739. The third-order valence-electron chi connectivity index (χ3n) is 4.49. The van der Waals surface area contributed by atoms with Crippen molar-refractivity contribution in [3.63, 3.8) is 0 Å². The number of nitrogens with one attached hydrogen (secondary N) is 1. The van der Waals surface area contributed by atoms with E-state index in [2.05, 4.69) is 21.2 Å². The van der Waals surface area contributed by atoms with Gasteiger partial charge in [0.1, 0.15) is 0 Å². The van der Waals surface area contributed by atoms with Crippen LogP contribution in [0.1, 0.15) is 16.8 Å². The summed E-state index contributed by atoms with van der Waals surface area (Å²) < 4.78 is 0.500. The van der Waals surface area contributed by atoms with Gasteiger partial charge in [-0.05, 0) is 51.9 Å². The van der Waals surface area contributed by atoms with Gasteiger partial charge in [0, 0.05) is 16.4 Å². The molecule has 2 bridgehead atoms. The molecular weight excluding hydrogens is 366 g/mol. The number of carboxylic acid groups (broad SMARTS) is 2. The summed E-state index contributed by atoms with van der Waals surface area (Å²) in [4.78, 5) is 34.8. The molecule has 120 valence electrons. The van der Waals surface area contributed by atoms with Crippen LogP contribution in [0.3, 0.4) is 0 Å². The normalized spacial score (nSPS) is 27.9. The first-order chi connectivity index (χ1) is 10.9. The van der Waals surface area contributed by atoms with Gasteiger partial charge >= 0.3 is 0 Å². The van der Waals surface area contributed by atoms with E-state index in [1.165, 1.54) is 18.2 Å². The molecule has 0 radical (unpaired) electrons. The number of anilines is 1. The van der Waals surface area contributed by atoms with Crippen LogP contribution in [0.25, 0.3) is 0 Å². The molecule has 0 heterocycles. The second-order valence-corrected chi connectivity index (χ2v) is 6.64. The van der Waals surface area contributed by atoms with Gasteiger partial charge in [0.15, 0.2) is 0 Å². The van der Waals surface area contributed by atoms with Gasteiger partial charge in [-0.1, -0.05) is 18.2 Å². The van der Waals surface area contributed by atoms with E-state index < -0.39 is 29.7 Å². The van der Waals surface area contributed by atoms with Gasteiger partial charge in [-0.2, -0.15) is 0 Å². The second kappa shape index (κ2) is 5.81. The first-order valence-corrected chi connectivity index (χ1v) is 7.88. The number of aliphatic carboxylic acids is 1. The molecule has 1 aromatic rings. The van der Waals surface area contributed by atoms with Crippen molar-refractivity contribution in [1.29, 1.82) is 0 Å². The molecule has 4 atom stereocenters. The predicted octanol–water partition coefficient (Wildman–Crippen LogP) is -0.0607. The number of carbonyl (C=O) groups excluding carboxylic acids is 3. The van der Waals surface area contributed by atoms with Crippen molar-refractivity contribution in [3.05, 3.63) is 40.4 Å². The average Bonchev–Trinajstić information content (AvgIpc) is 3.09. The summed E-state index contributed by atoms with van der Waals surface area (Å²) in [6.07, 6.45) is 4.31. The Balaban J connectivity index is 1.85. The highest BCUT2D eigenvalue weighted by molar-refractivity contribution is 9.10. The molecule has 1 fully saturated rings. The minimum absolute atomic E-state index is 0.0761. The lowest BCUT2D eigenvalue weighted by Crippen LogP contribution is -2.42. The van der Waals surface area contributed by atoms with E-state index in [1.807, 2.05) is 12.2 Å². The second-order valence-electron chi connectivity index (χ2n) is 5.79. The topological polar surface area (TPSA) is 109 Å². The fourth-order valence-corrected chi connectivity index (χ4v) is 3.81. The van der Waals surface area contributed by atoms with Crippen molar-refractivity contribution in [3.8, 4) is 0 Å². The van der Waals surface area contributed by atoms with Crippen LogP contribution < -0.4 is 15.5 Å². The first-order valence-electron chi connectivity index (χ1n) is 7.09. The van der Waals surface area contributed by atoms with Crippen LogP contribution >= 0.6 is 15.9 Å². The Labute approximate surface area is 140 Å². The zero-order chi connectivity index (χ0) is 16.7. The number of aromatic carboxylic acids is 1. The highest BCUT2D eigenvalue weighted by atomic mass is 79.9. The molecule has 3 rings (SSSR count). The maximum Gasteiger partial charge on any atom is 0.228 e. The van der Waals surface area contributed by atoms with Crippen LogP contribution in [-0.2, 0) is 9.59 Å².